The molecule has 0 saturated carbocycles. The topological polar surface area (TPSA) is 46.5 Å². The highest BCUT2D eigenvalue weighted by atomic mass is 32.1. The van der Waals surface area contributed by atoms with Crippen LogP contribution in [-0.4, -0.2) is 17.4 Å². The summed E-state index contributed by atoms with van der Waals surface area (Å²) in [6.07, 6.45) is -4.75. The summed E-state index contributed by atoms with van der Waals surface area (Å²) in [5.41, 5.74) is 0. The molecular weight excluding hydrogens is 257 g/mol. The highest BCUT2D eigenvalue weighted by Gasteiger charge is 2.31. The van der Waals surface area contributed by atoms with Gasteiger partial charge in [-0.1, -0.05) is 0 Å². The minimum absolute atomic E-state index is 0.0733. The predicted molar refractivity (Wildman–Crippen MR) is 55.5 cm³/mol. The number of carboxylic acid groups (broad SMARTS) is 1. The lowest BCUT2D eigenvalue weighted by atomic mass is 10.2. The summed E-state index contributed by atoms with van der Waals surface area (Å²) in [5.74, 6) is -1.47. The lowest BCUT2D eigenvalue weighted by molar-refractivity contribution is -0.274. The van der Waals surface area contributed by atoms with Gasteiger partial charge in [0.05, 0.1) is 0 Å². The third-order valence-corrected chi connectivity index (χ3v) is 3.04. The fourth-order valence-corrected chi connectivity index (χ4v) is 2.21. The second-order valence-corrected chi connectivity index (χ2v) is 4.25. The van der Waals surface area contributed by atoms with Crippen LogP contribution in [0.3, 0.4) is 0 Å². The second-order valence-electron chi connectivity index (χ2n) is 3.16. The van der Waals surface area contributed by atoms with Crippen LogP contribution in [0.25, 0.3) is 10.1 Å². The van der Waals surface area contributed by atoms with E-state index in [1.807, 2.05) is 0 Å². The van der Waals surface area contributed by atoms with Crippen LogP contribution < -0.4 is 4.74 Å². The monoisotopic (exact) mass is 262 g/mol. The Morgan fingerprint density at radius 2 is 2.00 bits per heavy atom. The SMILES string of the molecule is O=C(O)c1cc2cc(OC(F)(F)F)ccc2s1. The van der Waals surface area contributed by atoms with Crippen LogP contribution in [0.2, 0.25) is 0 Å². The van der Waals surface area contributed by atoms with Gasteiger partial charge in [0.15, 0.2) is 0 Å². The Hall–Kier alpha value is -1.76. The largest absolute Gasteiger partial charge is 0.573 e. The molecule has 0 unspecified atom stereocenters. The molecule has 0 aliphatic carbocycles. The minimum Gasteiger partial charge on any atom is -0.477 e. The number of ether oxygens (including phenoxy) is 1. The number of aromatic carboxylic acids is 1. The van der Waals surface area contributed by atoms with Crippen LogP contribution in [-0.2, 0) is 0 Å². The first-order chi connectivity index (χ1) is 7.85. The van der Waals surface area contributed by atoms with Crippen molar-refractivity contribution in [3.8, 4) is 5.75 Å². The van der Waals surface area contributed by atoms with Gasteiger partial charge in [0, 0.05) is 4.70 Å². The zero-order valence-electron chi connectivity index (χ0n) is 8.12. The normalized spacial score (nSPS) is 11.7. The molecule has 0 amide bonds. The van der Waals surface area contributed by atoms with Gasteiger partial charge in [-0.3, -0.25) is 0 Å². The number of rotatable bonds is 2. The average molecular weight is 262 g/mol. The van der Waals surface area contributed by atoms with Gasteiger partial charge in [0.2, 0.25) is 0 Å². The highest BCUT2D eigenvalue weighted by molar-refractivity contribution is 7.20. The predicted octanol–water partition coefficient (Wildman–Crippen LogP) is 3.50. The lowest BCUT2D eigenvalue weighted by Crippen LogP contribution is -2.16. The van der Waals surface area contributed by atoms with Crippen molar-refractivity contribution in [2.75, 3.05) is 0 Å². The zero-order valence-corrected chi connectivity index (χ0v) is 8.93. The number of halogens is 3. The lowest BCUT2D eigenvalue weighted by Gasteiger charge is -2.08. The summed E-state index contributed by atoms with van der Waals surface area (Å²) in [7, 11) is 0. The number of fused-ring (bicyclic) bond motifs is 1. The van der Waals surface area contributed by atoms with Gasteiger partial charge in [-0.2, -0.15) is 0 Å². The number of carboxylic acids is 1. The molecule has 3 nitrogen and oxygen atoms in total. The van der Waals surface area contributed by atoms with Gasteiger partial charge in [-0.15, -0.1) is 24.5 Å². The van der Waals surface area contributed by atoms with Gasteiger partial charge in [0.1, 0.15) is 10.6 Å². The van der Waals surface area contributed by atoms with Crippen LogP contribution in [0, 0.1) is 0 Å². The Morgan fingerprint density at radius 3 is 2.59 bits per heavy atom. The van der Waals surface area contributed by atoms with Crippen molar-refractivity contribution in [2.45, 2.75) is 6.36 Å². The summed E-state index contributed by atoms with van der Waals surface area (Å²) >= 11 is 0.996. The smallest absolute Gasteiger partial charge is 0.477 e. The van der Waals surface area contributed by atoms with Crippen molar-refractivity contribution in [1.29, 1.82) is 0 Å². The maximum absolute atomic E-state index is 12.0. The molecular formula is C10H5F3O3S. The molecule has 2 rings (SSSR count). The van der Waals surface area contributed by atoms with Crippen molar-refractivity contribution in [1.82, 2.24) is 0 Å². The minimum atomic E-state index is -4.75. The van der Waals surface area contributed by atoms with E-state index in [1.54, 1.807) is 0 Å². The molecule has 0 bridgehead atoms. The van der Waals surface area contributed by atoms with E-state index in [0.29, 0.717) is 10.1 Å². The van der Waals surface area contributed by atoms with Gasteiger partial charge >= 0.3 is 12.3 Å². The Labute approximate surface area is 97.0 Å². The van der Waals surface area contributed by atoms with Crippen LogP contribution >= 0.6 is 11.3 Å². The standard InChI is InChI=1S/C10H5F3O3S/c11-10(12,13)16-6-1-2-7-5(3-6)4-8(17-7)9(14)15/h1-4H,(H,14,15). The number of carbonyl (C=O) groups is 1. The van der Waals surface area contributed by atoms with Crippen molar-refractivity contribution >= 4 is 27.4 Å². The number of benzene rings is 1. The van der Waals surface area contributed by atoms with Gasteiger partial charge in [-0.25, -0.2) is 4.79 Å². The number of thiophene rings is 1. The molecule has 90 valence electrons. The van der Waals surface area contributed by atoms with Crippen molar-refractivity contribution in [3.05, 3.63) is 29.1 Å². The van der Waals surface area contributed by atoms with Crippen molar-refractivity contribution in [3.63, 3.8) is 0 Å². The van der Waals surface area contributed by atoms with Crippen LogP contribution in [0.5, 0.6) is 5.75 Å². The van der Waals surface area contributed by atoms with E-state index in [0.717, 1.165) is 23.5 Å². The van der Waals surface area contributed by atoms with Crippen LogP contribution in [0.1, 0.15) is 9.67 Å². The first-order valence-electron chi connectivity index (χ1n) is 4.38. The van der Waals surface area contributed by atoms with Crippen molar-refractivity contribution < 1.29 is 27.8 Å². The molecule has 1 N–H and O–H groups in total. The van der Waals surface area contributed by atoms with E-state index >= 15 is 0 Å². The molecule has 2 aromatic rings. The summed E-state index contributed by atoms with van der Waals surface area (Å²) < 4.78 is 40.2. The van der Waals surface area contributed by atoms with E-state index in [1.165, 1.54) is 12.1 Å². The zero-order chi connectivity index (χ0) is 12.6. The molecule has 0 aliphatic rings. The van der Waals surface area contributed by atoms with Gasteiger partial charge in [0.25, 0.3) is 0 Å². The molecule has 1 aromatic carbocycles. The Bertz CT molecular complexity index is 574. The number of alkyl halides is 3. The molecule has 0 fully saturated rings. The summed E-state index contributed by atoms with van der Waals surface area (Å²) in [5, 5.41) is 9.15. The summed E-state index contributed by atoms with van der Waals surface area (Å²) in [6, 6.07) is 5.02. The first kappa shape index (κ1) is 11.7. The highest BCUT2D eigenvalue weighted by Crippen LogP contribution is 2.31. The molecule has 0 aliphatic heterocycles. The Kier molecular flexibility index (Phi) is 2.70. The quantitative estimate of drug-likeness (QED) is 0.901. The molecule has 0 radical (unpaired) electrons. The second kappa shape index (κ2) is 3.92. The van der Waals surface area contributed by atoms with E-state index in [9.17, 15) is 18.0 Å². The number of hydrogen-bond acceptors (Lipinski definition) is 3. The van der Waals surface area contributed by atoms with Crippen LogP contribution in [0.4, 0.5) is 13.2 Å². The maximum atomic E-state index is 12.0. The molecule has 0 atom stereocenters. The van der Waals surface area contributed by atoms with Crippen molar-refractivity contribution in [2.24, 2.45) is 0 Å². The molecule has 0 saturated heterocycles. The van der Waals surface area contributed by atoms with Gasteiger partial charge < -0.3 is 9.84 Å². The fourth-order valence-electron chi connectivity index (χ4n) is 1.32. The molecule has 17 heavy (non-hydrogen) atoms. The molecule has 1 aromatic heterocycles. The number of hydrogen-bond donors (Lipinski definition) is 1. The fraction of sp³-hybridized carbons (Fsp3) is 0.100. The molecule has 1 heterocycles. The molecule has 0 spiro atoms. The van der Waals surface area contributed by atoms with Crippen LogP contribution in [0.15, 0.2) is 24.3 Å². The summed E-state index contributed by atoms with van der Waals surface area (Å²) in [4.78, 5) is 10.8. The first-order valence-corrected chi connectivity index (χ1v) is 5.19. The average Bonchev–Trinajstić information content (AvgIpc) is 2.57. The van der Waals surface area contributed by atoms with Gasteiger partial charge in [-0.05, 0) is 29.7 Å². The van der Waals surface area contributed by atoms with E-state index < -0.39 is 12.3 Å². The summed E-state index contributed by atoms with van der Waals surface area (Å²) in [6.45, 7) is 0. The third kappa shape index (κ3) is 2.68. The molecule has 7 heteroatoms. The van der Waals surface area contributed by atoms with E-state index in [4.69, 9.17) is 5.11 Å². The van der Waals surface area contributed by atoms with E-state index in [-0.39, 0.29) is 10.6 Å². The van der Waals surface area contributed by atoms with E-state index in [2.05, 4.69) is 4.74 Å². The third-order valence-electron chi connectivity index (χ3n) is 1.93. The Balaban J connectivity index is 2.40. The maximum Gasteiger partial charge on any atom is 0.573 e. The Morgan fingerprint density at radius 1 is 1.29 bits per heavy atom.